The van der Waals surface area contributed by atoms with Gasteiger partial charge in [-0.3, -0.25) is 0 Å². The Morgan fingerprint density at radius 1 is 1.50 bits per heavy atom. The fourth-order valence-corrected chi connectivity index (χ4v) is 1.91. The Balaban J connectivity index is 2.54. The van der Waals surface area contributed by atoms with Crippen molar-refractivity contribution in [3.63, 3.8) is 0 Å². The molecule has 0 atom stereocenters. The van der Waals surface area contributed by atoms with E-state index in [1.807, 2.05) is 0 Å². The van der Waals surface area contributed by atoms with Crippen LogP contribution in [0, 0.1) is 0 Å². The Hall–Kier alpha value is -0.370. The van der Waals surface area contributed by atoms with E-state index in [0.717, 1.165) is 0 Å². The smallest absolute Gasteiger partial charge is 0.0574 e. The number of hydrogen-bond donors (Lipinski definition) is 0. The van der Waals surface area contributed by atoms with Gasteiger partial charge in [0.05, 0.1) is 5.69 Å². The third-order valence-corrected chi connectivity index (χ3v) is 2.30. The number of nitrogens with zero attached hydrogens (tertiary/aromatic N) is 1. The van der Waals surface area contributed by atoms with Gasteiger partial charge in [-0.15, -0.1) is 0 Å². The van der Waals surface area contributed by atoms with Gasteiger partial charge in [0.2, 0.25) is 0 Å². The predicted molar refractivity (Wildman–Crippen MR) is 34.1 cm³/mol. The Morgan fingerprint density at radius 2 is 2.50 bits per heavy atom. The lowest BCUT2D eigenvalue weighted by Gasteiger charge is -1.77. The minimum Gasteiger partial charge on any atom is -0.197 e. The summed E-state index contributed by atoms with van der Waals surface area (Å²) in [7, 11) is 0. The fraction of sp³-hybridized carbons (Fsp3) is 0.500. The molecular weight excluding hydrogens is 118 g/mol. The Morgan fingerprint density at radius 3 is 3.38 bits per heavy atom. The topological polar surface area (TPSA) is 12.9 Å². The highest BCUT2D eigenvalue weighted by atomic mass is 32.1. The maximum absolute atomic E-state index is 4.24. The molecule has 1 aromatic heterocycles. The summed E-state index contributed by atoms with van der Waals surface area (Å²) < 4.78 is 4.24. The monoisotopic (exact) mass is 125 g/mol. The lowest BCUT2D eigenvalue weighted by atomic mass is 10.3. The summed E-state index contributed by atoms with van der Waals surface area (Å²) in [6.07, 6.45) is 3.82. The Labute approximate surface area is 52.5 Å². The van der Waals surface area contributed by atoms with Crippen molar-refractivity contribution in [1.82, 2.24) is 4.37 Å². The van der Waals surface area contributed by atoms with Crippen molar-refractivity contribution in [2.24, 2.45) is 0 Å². The van der Waals surface area contributed by atoms with E-state index in [1.165, 1.54) is 30.5 Å². The van der Waals surface area contributed by atoms with Crippen LogP contribution in [0.5, 0.6) is 0 Å². The third kappa shape index (κ3) is 0.494. The first-order valence-corrected chi connectivity index (χ1v) is 3.72. The number of hydrogen-bond acceptors (Lipinski definition) is 2. The average molecular weight is 125 g/mol. The van der Waals surface area contributed by atoms with E-state index in [1.54, 1.807) is 11.5 Å². The van der Waals surface area contributed by atoms with Crippen LogP contribution in [0.1, 0.15) is 17.7 Å². The third-order valence-electron chi connectivity index (χ3n) is 1.59. The van der Waals surface area contributed by atoms with Crippen LogP contribution < -0.4 is 0 Å². The standard InChI is InChI=1S/C6H7NS/c1-2-5-4-8-7-6(5)3-1/h4H,1-3H2. The highest BCUT2D eigenvalue weighted by Gasteiger charge is 2.11. The van der Waals surface area contributed by atoms with Crippen molar-refractivity contribution in [2.75, 3.05) is 0 Å². The summed E-state index contributed by atoms with van der Waals surface area (Å²) in [6, 6.07) is 0. The van der Waals surface area contributed by atoms with Crippen LogP contribution in [-0.2, 0) is 12.8 Å². The van der Waals surface area contributed by atoms with Crippen LogP contribution in [0.4, 0.5) is 0 Å². The van der Waals surface area contributed by atoms with Gasteiger partial charge in [0.1, 0.15) is 0 Å². The lowest BCUT2D eigenvalue weighted by molar-refractivity contribution is 0.901. The van der Waals surface area contributed by atoms with Crippen molar-refractivity contribution in [3.05, 3.63) is 16.6 Å². The fourth-order valence-electron chi connectivity index (χ4n) is 1.14. The second-order valence-corrected chi connectivity index (χ2v) is 2.77. The van der Waals surface area contributed by atoms with E-state index in [2.05, 4.69) is 9.75 Å². The molecular formula is C6H7NS. The van der Waals surface area contributed by atoms with E-state index in [4.69, 9.17) is 0 Å². The van der Waals surface area contributed by atoms with Crippen molar-refractivity contribution < 1.29 is 0 Å². The SMILES string of the molecule is c1snc2c1CCC2. The summed E-state index contributed by atoms with van der Waals surface area (Å²) in [5, 5.41) is 2.17. The molecule has 0 radical (unpaired) electrons. The van der Waals surface area contributed by atoms with Gasteiger partial charge < -0.3 is 0 Å². The Bertz CT molecular complexity index is 174. The van der Waals surface area contributed by atoms with Gasteiger partial charge in [0.15, 0.2) is 0 Å². The van der Waals surface area contributed by atoms with Gasteiger partial charge in [-0.2, -0.15) is 4.37 Å². The molecule has 0 N–H and O–H groups in total. The normalized spacial score (nSPS) is 16.5. The molecule has 0 aromatic carbocycles. The summed E-state index contributed by atoms with van der Waals surface area (Å²) >= 11 is 1.59. The first-order chi connectivity index (χ1) is 3.97. The molecule has 1 aliphatic rings. The molecule has 0 amide bonds. The molecule has 1 nitrogen and oxygen atoms in total. The molecule has 1 aliphatic carbocycles. The minimum absolute atomic E-state index is 1.22. The van der Waals surface area contributed by atoms with Gasteiger partial charge in [0.25, 0.3) is 0 Å². The zero-order valence-corrected chi connectivity index (χ0v) is 5.37. The number of rotatable bonds is 0. The highest BCUT2D eigenvalue weighted by molar-refractivity contribution is 7.03. The first-order valence-electron chi connectivity index (χ1n) is 2.89. The van der Waals surface area contributed by atoms with Crippen LogP contribution >= 0.6 is 11.5 Å². The van der Waals surface area contributed by atoms with Crippen LogP contribution in [0.3, 0.4) is 0 Å². The van der Waals surface area contributed by atoms with Crippen molar-refractivity contribution in [1.29, 1.82) is 0 Å². The number of aryl methyl sites for hydroxylation is 2. The zero-order chi connectivity index (χ0) is 5.40. The number of aromatic nitrogens is 1. The maximum Gasteiger partial charge on any atom is 0.0574 e. The average Bonchev–Trinajstić information content (AvgIpc) is 2.15. The quantitative estimate of drug-likeness (QED) is 0.513. The van der Waals surface area contributed by atoms with Crippen LogP contribution in [0.25, 0.3) is 0 Å². The van der Waals surface area contributed by atoms with Gasteiger partial charge >= 0.3 is 0 Å². The molecule has 0 unspecified atom stereocenters. The van der Waals surface area contributed by atoms with Gasteiger partial charge in [-0.25, -0.2) is 0 Å². The molecule has 2 heteroatoms. The molecule has 8 heavy (non-hydrogen) atoms. The van der Waals surface area contributed by atoms with Gasteiger partial charge in [0, 0.05) is 5.38 Å². The van der Waals surface area contributed by atoms with Crippen molar-refractivity contribution >= 4 is 11.5 Å². The molecule has 0 fully saturated rings. The van der Waals surface area contributed by atoms with E-state index < -0.39 is 0 Å². The molecule has 1 aromatic rings. The van der Waals surface area contributed by atoms with Crippen molar-refractivity contribution in [3.8, 4) is 0 Å². The highest BCUT2D eigenvalue weighted by Crippen LogP contribution is 2.21. The van der Waals surface area contributed by atoms with Crippen molar-refractivity contribution in [2.45, 2.75) is 19.3 Å². The number of fused-ring (bicyclic) bond motifs is 1. The van der Waals surface area contributed by atoms with E-state index in [9.17, 15) is 0 Å². The van der Waals surface area contributed by atoms with E-state index in [0.29, 0.717) is 0 Å². The molecule has 2 rings (SSSR count). The lowest BCUT2D eigenvalue weighted by Crippen LogP contribution is -1.72. The molecule has 0 bridgehead atoms. The molecule has 0 aliphatic heterocycles. The van der Waals surface area contributed by atoms with Gasteiger partial charge in [-0.1, -0.05) is 0 Å². The maximum atomic E-state index is 4.24. The van der Waals surface area contributed by atoms with Gasteiger partial charge in [-0.05, 0) is 36.4 Å². The van der Waals surface area contributed by atoms with E-state index >= 15 is 0 Å². The predicted octanol–water partition coefficient (Wildman–Crippen LogP) is 1.63. The molecule has 1 heterocycles. The summed E-state index contributed by atoms with van der Waals surface area (Å²) in [5.74, 6) is 0. The summed E-state index contributed by atoms with van der Waals surface area (Å²) in [6.45, 7) is 0. The Kier molecular flexibility index (Phi) is 0.875. The van der Waals surface area contributed by atoms with Crippen LogP contribution in [0.2, 0.25) is 0 Å². The van der Waals surface area contributed by atoms with E-state index in [-0.39, 0.29) is 0 Å². The largest absolute Gasteiger partial charge is 0.197 e. The minimum atomic E-state index is 1.22. The second-order valence-electron chi connectivity index (χ2n) is 2.14. The van der Waals surface area contributed by atoms with Crippen LogP contribution in [0.15, 0.2) is 5.38 Å². The first kappa shape index (κ1) is 4.50. The summed E-state index contributed by atoms with van der Waals surface area (Å²) in [4.78, 5) is 0. The van der Waals surface area contributed by atoms with Crippen LogP contribution in [-0.4, -0.2) is 4.37 Å². The summed E-state index contributed by atoms with van der Waals surface area (Å²) in [5.41, 5.74) is 2.85. The molecule has 0 saturated heterocycles. The molecule has 0 spiro atoms. The second kappa shape index (κ2) is 1.55. The zero-order valence-electron chi connectivity index (χ0n) is 4.55. The molecule has 42 valence electrons. The molecule has 0 saturated carbocycles.